The summed E-state index contributed by atoms with van der Waals surface area (Å²) in [7, 11) is 0. The Morgan fingerprint density at radius 3 is 2.00 bits per heavy atom. The van der Waals surface area contributed by atoms with Crippen molar-refractivity contribution in [1.29, 1.82) is 0 Å². The molecule has 14 heavy (non-hydrogen) atoms. The summed E-state index contributed by atoms with van der Waals surface area (Å²) in [5.74, 6) is 0.410. The molecule has 1 aliphatic carbocycles. The summed E-state index contributed by atoms with van der Waals surface area (Å²) in [5, 5.41) is 0. The minimum Gasteiger partial charge on any atom is -0.295 e. The van der Waals surface area contributed by atoms with Crippen LogP contribution in [-0.2, 0) is 4.79 Å². The van der Waals surface area contributed by atoms with Crippen LogP contribution in [0.25, 0.3) is 0 Å². The average molecular weight is 194 g/mol. The van der Waals surface area contributed by atoms with Gasteiger partial charge in [0.25, 0.3) is 0 Å². The second kappa shape index (κ2) is 4.29. The van der Waals surface area contributed by atoms with Crippen molar-refractivity contribution in [2.24, 2.45) is 5.41 Å². The molecule has 0 radical (unpaired) electrons. The molecular weight excluding hydrogens is 172 g/mol. The van der Waals surface area contributed by atoms with Crippen LogP contribution >= 0.6 is 0 Å². The lowest BCUT2D eigenvalue weighted by Gasteiger charge is -2.29. The van der Waals surface area contributed by atoms with Gasteiger partial charge < -0.3 is 0 Å². The Balaban J connectivity index is 3.14. The highest BCUT2D eigenvalue weighted by Gasteiger charge is 2.40. The molecule has 80 valence electrons. The molecule has 0 spiro atoms. The summed E-state index contributed by atoms with van der Waals surface area (Å²) < 4.78 is 0. The molecule has 1 rings (SSSR count). The number of carbonyl (C=O) groups is 1. The number of rotatable bonds is 4. The van der Waals surface area contributed by atoms with Crippen molar-refractivity contribution in [3.05, 3.63) is 11.1 Å². The van der Waals surface area contributed by atoms with E-state index in [0.29, 0.717) is 5.78 Å². The predicted molar refractivity (Wildman–Crippen MR) is 60.2 cm³/mol. The van der Waals surface area contributed by atoms with E-state index in [1.54, 1.807) is 0 Å². The van der Waals surface area contributed by atoms with Gasteiger partial charge in [-0.05, 0) is 36.7 Å². The van der Waals surface area contributed by atoms with E-state index in [1.165, 1.54) is 5.57 Å². The van der Waals surface area contributed by atoms with E-state index in [1.807, 2.05) is 0 Å². The van der Waals surface area contributed by atoms with Crippen molar-refractivity contribution >= 4 is 5.78 Å². The first-order valence-corrected chi connectivity index (χ1v) is 5.90. The van der Waals surface area contributed by atoms with Crippen molar-refractivity contribution in [3.63, 3.8) is 0 Å². The van der Waals surface area contributed by atoms with Gasteiger partial charge in [-0.25, -0.2) is 0 Å². The third kappa shape index (κ3) is 1.53. The molecule has 0 aromatic carbocycles. The van der Waals surface area contributed by atoms with Crippen molar-refractivity contribution in [3.8, 4) is 0 Å². The molecule has 0 fully saturated rings. The first-order valence-electron chi connectivity index (χ1n) is 5.90. The summed E-state index contributed by atoms with van der Waals surface area (Å²) in [5.41, 5.74) is 2.81. The normalized spacial score (nSPS) is 20.7. The monoisotopic (exact) mass is 194 g/mol. The number of hydrogen-bond donors (Lipinski definition) is 0. The van der Waals surface area contributed by atoms with Crippen LogP contribution in [-0.4, -0.2) is 5.78 Å². The van der Waals surface area contributed by atoms with Crippen molar-refractivity contribution in [2.45, 2.75) is 59.8 Å². The Morgan fingerprint density at radius 2 is 1.64 bits per heavy atom. The molecule has 0 saturated heterocycles. The lowest BCUT2D eigenvalue weighted by atomic mass is 9.75. The Bertz CT molecular complexity index is 256. The maximum Gasteiger partial charge on any atom is 0.159 e. The first kappa shape index (κ1) is 11.5. The maximum atomic E-state index is 11.9. The fourth-order valence-corrected chi connectivity index (χ4v) is 2.93. The van der Waals surface area contributed by atoms with Gasteiger partial charge in [0, 0.05) is 6.42 Å². The van der Waals surface area contributed by atoms with Gasteiger partial charge in [0.15, 0.2) is 5.78 Å². The van der Waals surface area contributed by atoms with E-state index >= 15 is 0 Å². The molecular formula is C13H22O. The largest absolute Gasteiger partial charge is 0.295 e. The number of ketones is 1. The molecule has 0 N–H and O–H groups in total. The molecule has 1 heteroatoms. The standard InChI is InChI=1S/C13H22O/c1-5-10-11(6-2)13(7-3,8-4)9-12(10)14/h5-9H2,1-4H3. The molecule has 0 saturated carbocycles. The summed E-state index contributed by atoms with van der Waals surface area (Å²) >= 11 is 0. The predicted octanol–water partition coefficient (Wildman–Crippen LogP) is 3.88. The molecule has 0 amide bonds. The highest BCUT2D eigenvalue weighted by atomic mass is 16.1. The zero-order valence-electron chi connectivity index (χ0n) is 9.94. The van der Waals surface area contributed by atoms with E-state index < -0.39 is 0 Å². The molecule has 1 nitrogen and oxygen atoms in total. The van der Waals surface area contributed by atoms with Gasteiger partial charge in [0.1, 0.15) is 0 Å². The molecule has 0 bridgehead atoms. The zero-order valence-corrected chi connectivity index (χ0v) is 9.94. The fourth-order valence-electron chi connectivity index (χ4n) is 2.93. The van der Waals surface area contributed by atoms with Crippen molar-refractivity contribution in [1.82, 2.24) is 0 Å². The Labute approximate surface area is 87.6 Å². The van der Waals surface area contributed by atoms with Crippen LogP contribution < -0.4 is 0 Å². The molecule has 0 aromatic rings. The van der Waals surface area contributed by atoms with Crippen molar-refractivity contribution in [2.75, 3.05) is 0 Å². The topological polar surface area (TPSA) is 17.1 Å². The zero-order chi connectivity index (χ0) is 10.8. The first-order chi connectivity index (χ1) is 6.65. The average Bonchev–Trinajstić information content (AvgIpc) is 2.50. The third-order valence-corrected chi connectivity index (χ3v) is 3.90. The number of Topliss-reactive ketones (excluding diaryl/α,β-unsaturated/α-hetero) is 1. The van der Waals surface area contributed by atoms with Crippen LogP contribution in [0.5, 0.6) is 0 Å². The quantitative estimate of drug-likeness (QED) is 0.663. The molecule has 0 atom stereocenters. The van der Waals surface area contributed by atoms with Crippen LogP contribution in [0.15, 0.2) is 11.1 Å². The van der Waals surface area contributed by atoms with Gasteiger partial charge in [0.05, 0.1) is 0 Å². The minimum absolute atomic E-state index is 0.219. The van der Waals surface area contributed by atoms with E-state index in [0.717, 1.165) is 37.7 Å². The Kier molecular flexibility index (Phi) is 3.52. The molecule has 0 heterocycles. The minimum atomic E-state index is 0.219. The van der Waals surface area contributed by atoms with E-state index in [-0.39, 0.29) is 5.41 Å². The van der Waals surface area contributed by atoms with Gasteiger partial charge in [-0.15, -0.1) is 0 Å². The van der Waals surface area contributed by atoms with Crippen LogP contribution in [0.2, 0.25) is 0 Å². The summed E-state index contributed by atoms with van der Waals surface area (Å²) in [6.07, 6.45) is 4.97. The van der Waals surface area contributed by atoms with Crippen LogP contribution in [0, 0.1) is 5.41 Å². The second-order valence-corrected chi connectivity index (χ2v) is 4.25. The van der Waals surface area contributed by atoms with E-state index in [9.17, 15) is 4.79 Å². The number of hydrogen-bond acceptors (Lipinski definition) is 1. The molecule has 0 unspecified atom stereocenters. The third-order valence-electron chi connectivity index (χ3n) is 3.90. The molecule has 1 aliphatic rings. The summed E-state index contributed by atoms with van der Waals surface area (Å²) in [6, 6.07) is 0. The number of carbonyl (C=O) groups excluding carboxylic acids is 1. The van der Waals surface area contributed by atoms with Crippen LogP contribution in [0.4, 0.5) is 0 Å². The van der Waals surface area contributed by atoms with Gasteiger partial charge in [0.2, 0.25) is 0 Å². The SMILES string of the molecule is CCC1=C(CC)C(CC)(CC)CC1=O. The lowest BCUT2D eigenvalue weighted by Crippen LogP contribution is -2.18. The Morgan fingerprint density at radius 1 is 1.07 bits per heavy atom. The van der Waals surface area contributed by atoms with Crippen molar-refractivity contribution < 1.29 is 4.79 Å². The Hall–Kier alpha value is -0.590. The highest BCUT2D eigenvalue weighted by Crippen LogP contribution is 2.48. The second-order valence-electron chi connectivity index (χ2n) is 4.25. The fraction of sp³-hybridized carbons (Fsp3) is 0.769. The smallest absolute Gasteiger partial charge is 0.159 e. The van der Waals surface area contributed by atoms with Gasteiger partial charge >= 0.3 is 0 Å². The van der Waals surface area contributed by atoms with Gasteiger partial charge in [-0.1, -0.05) is 33.3 Å². The van der Waals surface area contributed by atoms with Gasteiger partial charge in [-0.3, -0.25) is 4.79 Å². The summed E-state index contributed by atoms with van der Waals surface area (Å²) in [4.78, 5) is 11.9. The maximum absolute atomic E-state index is 11.9. The van der Waals surface area contributed by atoms with Crippen LogP contribution in [0.1, 0.15) is 59.8 Å². The van der Waals surface area contributed by atoms with E-state index in [4.69, 9.17) is 0 Å². The van der Waals surface area contributed by atoms with Gasteiger partial charge in [-0.2, -0.15) is 0 Å². The van der Waals surface area contributed by atoms with Crippen LogP contribution in [0.3, 0.4) is 0 Å². The highest BCUT2D eigenvalue weighted by molar-refractivity contribution is 5.99. The molecule has 0 aliphatic heterocycles. The number of allylic oxidation sites excluding steroid dienone is 2. The lowest BCUT2D eigenvalue weighted by molar-refractivity contribution is -0.116. The summed E-state index contributed by atoms with van der Waals surface area (Å²) in [6.45, 7) is 8.71. The van der Waals surface area contributed by atoms with E-state index in [2.05, 4.69) is 27.7 Å². The molecule has 0 aromatic heterocycles.